The van der Waals surface area contributed by atoms with E-state index in [1.165, 1.54) is 0 Å². The second-order valence-electron chi connectivity index (χ2n) is 3.88. The molecule has 1 heterocycles. The van der Waals surface area contributed by atoms with Crippen LogP contribution in [-0.2, 0) is 0 Å². The first-order valence-corrected chi connectivity index (χ1v) is 8.18. The molecular weight excluding hydrogens is 411 g/mol. The van der Waals surface area contributed by atoms with E-state index in [0.717, 1.165) is 30.0 Å². The van der Waals surface area contributed by atoms with E-state index < -0.39 is 0 Å². The Morgan fingerprint density at radius 2 is 1.95 bits per heavy atom. The standard InChI is InChI=1S/C13H7Br2ClN2S/c14-7-1-4-12-11(5-7)18-13(19-12)17-10-3-2-8(16)6-9(10)15/h1-6H,(H,17,18). The second kappa shape index (κ2) is 5.40. The highest BCUT2D eigenvalue weighted by molar-refractivity contribution is 9.10. The molecule has 0 radical (unpaired) electrons. The van der Waals surface area contributed by atoms with Crippen LogP contribution in [-0.4, -0.2) is 4.98 Å². The average Bonchev–Trinajstić information content (AvgIpc) is 2.74. The van der Waals surface area contributed by atoms with Gasteiger partial charge in [0.25, 0.3) is 0 Å². The minimum Gasteiger partial charge on any atom is -0.331 e. The summed E-state index contributed by atoms with van der Waals surface area (Å²) in [6.07, 6.45) is 0. The van der Waals surface area contributed by atoms with Gasteiger partial charge in [-0.25, -0.2) is 4.98 Å². The van der Waals surface area contributed by atoms with Gasteiger partial charge in [-0.2, -0.15) is 0 Å². The van der Waals surface area contributed by atoms with E-state index in [9.17, 15) is 0 Å². The number of hydrogen-bond acceptors (Lipinski definition) is 3. The third-order valence-corrected chi connectivity index (χ3v) is 4.86. The molecule has 0 aliphatic rings. The summed E-state index contributed by atoms with van der Waals surface area (Å²) in [6, 6.07) is 11.7. The van der Waals surface area contributed by atoms with Crippen molar-refractivity contribution in [3.8, 4) is 0 Å². The van der Waals surface area contributed by atoms with Crippen LogP contribution in [0.3, 0.4) is 0 Å². The Hall–Kier alpha value is -0.620. The first kappa shape index (κ1) is 13.4. The molecule has 0 bridgehead atoms. The van der Waals surface area contributed by atoms with Gasteiger partial charge in [-0.3, -0.25) is 0 Å². The molecule has 2 nitrogen and oxygen atoms in total. The van der Waals surface area contributed by atoms with Crippen molar-refractivity contribution in [1.82, 2.24) is 4.98 Å². The minimum absolute atomic E-state index is 0.700. The largest absolute Gasteiger partial charge is 0.331 e. The van der Waals surface area contributed by atoms with Gasteiger partial charge in [0.1, 0.15) is 0 Å². The maximum absolute atomic E-state index is 5.93. The lowest BCUT2D eigenvalue weighted by molar-refractivity contribution is 1.43. The van der Waals surface area contributed by atoms with Crippen LogP contribution in [0.15, 0.2) is 45.3 Å². The maximum atomic E-state index is 5.93. The molecule has 0 fully saturated rings. The molecule has 2 aromatic carbocycles. The number of halogens is 3. The molecule has 0 aliphatic carbocycles. The number of rotatable bonds is 2. The molecule has 1 aromatic heterocycles. The van der Waals surface area contributed by atoms with E-state index in [2.05, 4.69) is 48.2 Å². The van der Waals surface area contributed by atoms with E-state index >= 15 is 0 Å². The first-order chi connectivity index (χ1) is 9.11. The summed E-state index contributed by atoms with van der Waals surface area (Å²) in [5, 5.41) is 4.85. The lowest BCUT2D eigenvalue weighted by atomic mass is 10.3. The van der Waals surface area contributed by atoms with Crippen molar-refractivity contribution in [3.63, 3.8) is 0 Å². The quantitative estimate of drug-likeness (QED) is 0.534. The lowest BCUT2D eigenvalue weighted by Gasteiger charge is -2.05. The average molecular weight is 419 g/mol. The maximum Gasteiger partial charge on any atom is 0.188 e. The number of benzene rings is 2. The summed E-state index contributed by atoms with van der Waals surface area (Å²) in [5.41, 5.74) is 1.93. The van der Waals surface area contributed by atoms with E-state index in [1.54, 1.807) is 11.3 Å². The van der Waals surface area contributed by atoms with Crippen molar-refractivity contribution in [2.45, 2.75) is 0 Å². The summed E-state index contributed by atoms with van der Waals surface area (Å²) in [4.78, 5) is 4.56. The number of anilines is 2. The molecule has 0 saturated heterocycles. The molecule has 0 spiro atoms. The first-order valence-electron chi connectivity index (χ1n) is 5.40. The number of aromatic nitrogens is 1. The Labute approximate surface area is 136 Å². The predicted octanol–water partition coefficient (Wildman–Crippen LogP) is 6.22. The summed E-state index contributed by atoms with van der Waals surface area (Å²) in [7, 11) is 0. The molecular formula is C13H7Br2ClN2S. The fourth-order valence-corrected chi connectivity index (χ4v) is 3.65. The molecule has 0 atom stereocenters. The molecule has 0 saturated carbocycles. The van der Waals surface area contributed by atoms with Crippen LogP contribution in [0.1, 0.15) is 0 Å². The van der Waals surface area contributed by atoms with E-state index in [-0.39, 0.29) is 0 Å². The highest BCUT2D eigenvalue weighted by Crippen LogP contribution is 2.33. The normalized spacial score (nSPS) is 10.9. The molecule has 96 valence electrons. The summed E-state index contributed by atoms with van der Waals surface area (Å²) in [6.45, 7) is 0. The van der Waals surface area contributed by atoms with Gasteiger partial charge < -0.3 is 5.32 Å². The zero-order valence-electron chi connectivity index (χ0n) is 9.45. The van der Waals surface area contributed by atoms with Gasteiger partial charge in [-0.05, 0) is 52.3 Å². The zero-order chi connectivity index (χ0) is 13.4. The third kappa shape index (κ3) is 2.94. The van der Waals surface area contributed by atoms with Gasteiger partial charge in [0, 0.05) is 14.0 Å². The number of hydrogen-bond donors (Lipinski definition) is 1. The zero-order valence-corrected chi connectivity index (χ0v) is 14.2. The SMILES string of the molecule is Clc1ccc(Nc2nc3cc(Br)ccc3s2)c(Br)c1. The smallest absolute Gasteiger partial charge is 0.188 e. The van der Waals surface area contributed by atoms with Crippen molar-refractivity contribution in [2.75, 3.05) is 5.32 Å². The van der Waals surface area contributed by atoms with Crippen LogP contribution in [0.5, 0.6) is 0 Å². The number of fused-ring (bicyclic) bond motifs is 1. The Balaban J connectivity index is 1.96. The van der Waals surface area contributed by atoms with Crippen molar-refractivity contribution < 1.29 is 0 Å². The minimum atomic E-state index is 0.700. The third-order valence-electron chi connectivity index (χ3n) is 2.52. The predicted molar refractivity (Wildman–Crippen MR) is 89.8 cm³/mol. The Bertz CT molecular complexity index is 757. The van der Waals surface area contributed by atoms with Gasteiger partial charge in [0.2, 0.25) is 0 Å². The molecule has 0 unspecified atom stereocenters. The van der Waals surface area contributed by atoms with E-state index in [0.29, 0.717) is 5.02 Å². The van der Waals surface area contributed by atoms with Crippen LogP contribution in [0.25, 0.3) is 10.2 Å². The molecule has 3 aromatic rings. The van der Waals surface area contributed by atoms with Crippen molar-refractivity contribution >= 4 is 75.8 Å². The highest BCUT2D eigenvalue weighted by atomic mass is 79.9. The van der Waals surface area contributed by atoms with Gasteiger partial charge in [0.15, 0.2) is 5.13 Å². The van der Waals surface area contributed by atoms with E-state index in [4.69, 9.17) is 11.6 Å². The summed E-state index contributed by atoms with van der Waals surface area (Å²) >= 11 is 14.5. The Kier molecular flexibility index (Phi) is 3.80. The topological polar surface area (TPSA) is 24.9 Å². The number of nitrogens with one attached hydrogen (secondary N) is 1. The lowest BCUT2D eigenvalue weighted by Crippen LogP contribution is -1.89. The summed E-state index contributed by atoms with van der Waals surface area (Å²) in [5.74, 6) is 0. The van der Waals surface area contributed by atoms with Gasteiger partial charge in [0.05, 0.1) is 15.9 Å². The molecule has 19 heavy (non-hydrogen) atoms. The van der Waals surface area contributed by atoms with Crippen LogP contribution in [0.2, 0.25) is 5.02 Å². The Morgan fingerprint density at radius 3 is 2.74 bits per heavy atom. The number of nitrogens with zero attached hydrogens (tertiary/aromatic N) is 1. The Morgan fingerprint density at radius 1 is 1.11 bits per heavy atom. The molecule has 3 rings (SSSR count). The van der Waals surface area contributed by atoms with Crippen LogP contribution < -0.4 is 5.32 Å². The van der Waals surface area contributed by atoms with E-state index in [1.807, 2.05) is 30.3 Å². The summed E-state index contributed by atoms with van der Waals surface area (Å²) < 4.78 is 3.10. The molecule has 0 amide bonds. The monoisotopic (exact) mass is 416 g/mol. The molecule has 6 heteroatoms. The van der Waals surface area contributed by atoms with Gasteiger partial charge in [-0.1, -0.05) is 38.9 Å². The fourth-order valence-electron chi connectivity index (χ4n) is 1.66. The van der Waals surface area contributed by atoms with Crippen LogP contribution in [0.4, 0.5) is 10.8 Å². The van der Waals surface area contributed by atoms with Gasteiger partial charge in [-0.15, -0.1) is 0 Å². The van der Waals surface area contributed by atoms with Crippen LogP contribution in [0, 0.1) is 0 Å². The molecule has 1 N–H and O–H groups in total. The molecule has 0 aliphatic heterocycles. The van der Waals surface area contributed by atoms with Gasteiger partial charge >= 0.3 is 0 Å². The van der Waals surface area contributed by atoms with Crippen molar-refractivity contribution in [2.24, 2.45) is 0 Å². The van der Waals surface area contributed by atoms with Crippen LogP contribution >= 0.6 is 54.8 Å². The highest BCUT2D eigenvalue weighted by Gasteiger charge is 2.06. The van der Waals surface area contributed by atoms with Crippen molar-refractivity contribution in [1.29, 1.82) is 0 Å². The fraction of sp³-hybridized carbons (Fsp3) is 0. The second-order valence-corrected chi connectivity index (χ2v) is 7.12. The number of thiazole rings is 1. The van der Waals surface area contributed by atoms with Crippen molar-refractivity contribution in [3.05, 3.63) is 50.4 Å².